The Balaban J connectivity index is 0. The minimum atomic E-state index is -1.99. The Kier molecular flexibility index (Phi) is 14.7. The second-order valence-corrected chi connectivity index (χ2v) is 3.68. The molecule has 0 aliphatic carbocycles. The minimum absolute atomic E-state index is 0. The van der Waals surface area contributed by atoms with E-state index in [0.717, 1.165) is 0 Å². The van der Waals surface area contributed by atoms with E-state index in [1.54, 1.807) is 0 Å². The van der Waals surface area contributed by atoms with Gasteiger partial charge in [0.1, 0.15) is 0 Å². The molecular formula is C6H15BrO3Ti. The van der Waals surface area contributed by atoms with Gasteiger partial charge < -0.3 is 17.0 Å². The minimum Gasteiger partial charge on any atom is -1.00 e. The third-order valence-electron chi connectivity index (χ3n) is 0.787. The van der Waals surface area contributed by atoms with Gasteiger partial charge in [-0.15, -0.1) is 0 Å². The first-order valence-corrected chi connectivity index (χ1v) is 5.51. The average molecular weight is 263 g/mol. The van der Waals surface area contributed by atoms with Crippen molar-refractivity contribution < 1.29 is 46.0 Å². The number of hydrogen-bond acceptors (Lipinski definition) is 3. The van der Waals surface area contributed by atoms with E-state index < -0.39 is 19.0 Å². The Labute approximate surface area is 86.4 Å². The quantitative estimate of drug-likeness (QED) is 0.544. The summed E-state index contributed by atoms with van der Waals surface area (Å²) in [5.74, 6) is 0. The van der Waals surface area contributed by atoms with Gasteiger partial charge in [0, 0.05) is 0 Å². The third-order valence-corrected chi connectivity index (χ3v) is 3.24. The maximum atomic E-state index is 5.24. The van der Waals surface area contributed by atoms with E-state index in [4.69, 9.17) is 9.96 Å². The van der Waals surface area contributed by atoms with Gasteiger partial charge in [-0.25, -0.2) is 0 Å². The molecule has 0 saturated carbocycles. The summed E-state index contributed by atoms with van der Waals surface area (Å²) in [6.45, 7) is 7.92. The van der Waals surface area contributed by atoms with Crippen LogP contribution < -0.4 is 17.0 Å². The molecule has 0 bridgehead atoms. The van der Waals surface area contributed by atoms with Crippen LogP contribution in [0.4, 0.5) is 0 Å². The maximum Gasteiger partial charge on any atom is -1.00 e. The van der Waals surface area contributed by atoms with Crippen LogP contribution in [0.15, 0.2) is 0 Å². The van der Waals surface area contributed by atoms with Crippen molar-refractivity contribution in [3.8, 4) is 0 Å². The Morgan fingerprint density at radius 2 is 1.09 bits per heavy atom. The Morgan fingerprint density at radius 1 is 0.818 bits per heavy atom. The van der Waals surface area contributed by atoms with Crippen molar-refractivity contribution in [1.82, 2.24) is 0 Å². The normalized spacial score (nSPS) is 9.00. The van der Waals surface area contributed by atoms with Gasteiger partial charge >= 0.3 is 69.6 Å². The van der Waals surface area contributed by atoms with Crippen molar-refractivity contribution in [3.05, 3.63) is 0 Å². The van der Waals surface area contributed by atoms with Gasteiger partial charge in [-0.3, -0.25) is 0 Å². The van der Waals surface area contributed by atoms with Gasteiger partial charge in [0.15, 0.2) is 0 Å². The zero-order valence-corrected chi connectivity index (χ0v) is 10.4. The molecule has 0 amide bonds. The molecule has 0 aliphatic rings. The zero-order valence-electron chi connectivity index (χ0n) is 7.22. The predicted octanol–water partition coefficient (Wildman–Crippen LogP) is -1.54. The first-order valence-electron chi connectivity index (χ1n) is 3.60. The van der Waals surface area contributed by atoms with Crippen molar-refractivity contribution in [2.75, 3.05) is 19.8 Å². The first-order chi connectivity index (χ1) is 4.85. The number of rotatable bonds is 6. The largest absolute Gasteiger partial charge is 1.00 e. The predicted molar refractivity (Wildman–Crippen MR) is 34.9 cm³/mol. The van der Waals surface area contributed by atoms with Crippen LogP contribution in [0, 0.1) is 0 Å². The summed E-state index contributed by atoms with van der Waals surface area (Å²) in [5.41, 5.74) is 0. The van der Waals surface area contributed by atoms with E-state index in [0.29, 0.717) is 19.8 Å². The Hall–Kier alpha value is 1.07. The fourth-order valence-electron chi connectivity index (χ4n) is 0.479. The molecule has 0 fully saturated rings. The molecule has 0 saturated heterocycles. The van der Waals surface area contributed by atoms with Crippen molar-refractivity contribution in [3.63, 3.8) is 0 Å². The summed E-state index contributed by atoms with van der Waals surface area (Å²) in [6.07, 6.45) is 0. The summed E-state index contributed by atoms with van der Waals surface area (Å²) in [4.78, 5) is 0. The van der Waals surface area contributed by atoms with Gasteiger partial charge in [0.2, 0.25) is 0 Å². The molecule has 0 radical (unpaired) electrons. The van der Waals surface area contributed by atoms with Crippen molar-refractivity contribution in [2.45, 2.75) is 20.8 Å². The Morgan fingerprint density at radius 3 is 1.27 bits per heavy atom. The van der Waals surface area contributed by atoms with E-state index in [-0.39, 0.29) is 17.0 Å². The smallest absolute Gasteiger partial charge is 1.00 e. The van der Waals surface area contributed by atoms with Crippen molar-refractivity contribution in [1.29, 1.82) is 0 Å². The van der Waals surface area contributed by atoms with Gasteiger partial charge in [0.25, 0.3) is 0 Å². The van der Waals surface area contributed by atoms with Crippen molar-refractivity contribution >= 4 is 0 Å². The van der Waals surface area contributed by atoms with Gasteiger partial charge in [-0.05, 0) is 0 Å². The Bertz CT molecular complexity index is 60.6. The maximum absolute atomic E-state index is 5.24. The molecule has 5 heteroatoms. The topological polar surface area (TPSA) is 27.7 Å². The second-order valence-electron chi connectivity index (χ2n) is 1.55. The molecule has 0 aromatic carbocycles. The summed E-state index contributed by atoms with van der Waals surface area (Å²) in [6, 6.07) is 0. The average Bonchev–Trinajstić information content (AvgIpc) is 1.90. The zero-order chi connectivity index (χ0) is 7.82. The molecule has 0 N–H and O–H groups in total. The second kappa shape index (κ2) is 11.1. The monoisotopic (exact) mass is 262 g/mol. The molecule has 11 heavy (non-hydrogen) atoms. The van der Waals surface area contributed by atoms with E-state index in [1.165, 1.54) is 0 Å². The molecule has 68 valence electrons. The SMILES string of the molecule is CC[O][Ti+]([O]CC)[O]CC.[Br-]. The molecule has 3 nitrogen and oxygen atoms in total. The fraction of sp³-hybridized carbons (Fsp3) is 1.00. The van der Waals surface area contributed by atoms with Crippen LogP contribution in [0.25, 0.3) is 0 Å². The van der Waals surface area contributed by atoms with E-state index in [2.05, 4.69) is 0 Å². The first kappa shape index (κ1) is 14.6. The van der Waals surface area contributed by atoms with Crippen LogP contribution in [-0.2, 0) is 29.0 Å². The summed E-state index contributed by atoms with van der Waals surface area (Å²) >= 11 is -1.99. The van der Waals surface area contributed by atoms with Crippen LogP contribution in [0.5, 0.6) is 0 Å². The van der Waals surface area contributed by atoms with Crippen LogP contribution in [-0.4, -0.2) is 19.8 Å². The van der Waals surface area contributed by atoms with Gasteiger partial charge in [-0.2, -0.15) is 0 Å². The molecule has 0 atom stereocenters. The van der Waals surface area contributed by atoms with Crippen LogP contribution >= 0.6 is 0 Å². The van der Waals surface area contributed by atoms with Gasteiger partial charge in [0.05, 0.1) is 0 Å². The molecule has 0 rings (SSSR count). The van der Waals surface area contributed by atoms with E-state index in [1.807, 2.05) is 20.8 Å². The molecule has 0 aromatic heterocycles. The van der Waals surface area contributed by atoms with E-state index in [9.17, 15) is 0 Å². The molecule has 0 heterocycles. The molecule has 0 aromatic rings. The fourth-order valence-corrected chi connectivity index (χ4v) is 1.97. The molecule has 0 aliphatic heterocycles. The van der Waals surface area contributed by atoms with Crippen molar-refractivity contribution in [2.24, 2.45) is 0 Å². The molecular weight excluding hydrogens is 248 g/mol. The standard InChI is InChI=1S/3C2H5O.BrH.Ti/c3*1-2-3;;/h3*2H2,1H3;1H;/q3*-1;;+4/p-1. The number of hydrogen-bond donors (Lipinski definition) is 0. The molecule has 0 unspecified atom stereocenters. The van der Waals surface area contributed by atoms with Crippen LogP contribution in [0.3, 0.4) is 0 Å². The summed E-state index contributed by atoms with van der Waals surface area (Å²) < 4.78 is 15.7. The van der Waals surface area contributed by atoms with Crippen LogP contribution in [0.2, 0.25) is 0 Å². The van der Waals surface area contributed by atoms with E-state index >= 15 is 0 Å². The summed E-state index contributed by atoms with van der Waals surface area (Å²) in [5, 5.41) is 0. The third kappa shape index (κ3) is 8.98. The van der Waals surface area contributed by atoms with Gasteiger partial charge in [-0.1, -0.05) is 0 Å². The molecule has 0 spiro atoms. The van der Waals surface area contributed by atoms with Crippen LogP contribution in [0.1, 0.15) is 20.8 Å². The summed E-state index contributed by atoms with van der Waals surface area (Å²) in [7, 11) is 0. The number of halogens is 1.